The van der Waals surface area contributed by atoms with Gasteiger partial charge in [0.1, 0.15) is 0 Å². The zero-order valence-corrected chi connectivity index (χ0v) is 8.31. The summed E-state index contributed by atoms with van der Waals surface area (Å²) in [6.45, 7) is 7.85. The molecular weight excluding hydrogens is 148 g/mol. The van der Waals surface area contributed by atoms with Crippen LogP contribution >= 0.6 is 0 Å². The second-order valence-electron chi connectivity index (χ2n) is 4.74. The van der Waals surface area contributed by atoms with Gasteiger partial charge in [-0.2, -0.15) is 0 Å². The first-order valence-corrected chi connectivity index (χ1v) is 4.90. The van der Waals surface area contributed by atoms with E-state index >= 15 is 0 Å². The third-order valence-electron chi connectivity index (χ3n) is 3.75. The van der Waals surface area contributed by atoms with Crippen LogP contribution in [0.3, 0.4) is 0 Å². The molecular formula is C11H18O. The molecule has 1 heteroatoms. The highest BCUT2D eigenvalue weighted by molar-refractivity contribution is 5.26. The van der Waals surface area contributed by atoms with E-state index in [4.69, 9.17) is 4.74 Å². The number of rotatable bonds is 0. The Morgan fingerprint density at radius 3 is 2.33 bits per heavy atom. The van der Waals surface area contributed by atoms with Gasteiger partial charge in [-0.25, -0.2) is 0 Å². The van der Waals surface area contributed by atoms with Crippen molar-refractivity contribution in [1.82, 2.24) is 0 Å². The SMILES string of the molecule is CC1=CCCC(C)(C)C12CCO2. The average Bonchev–Trinajstić information content (AvgIpc) is 1.80. The maximum absolute atomic E-state index is 5.82. The third kappa shape index (κ3) is 0.832. The van der Waals surface area contributed by atoms with E-state index in [1.165, 1.54) is 24.8 Å². The molecule has 0 aromatic carbocycles. The molecule has 1 aliphatic carbocycles. The molecule has 0 radical (unpaired) electrons. The van der Waals surface area contributed by atoms with Crippen LogP contribution in [0.5, 0.6) is 0 Å². The van der Waals surface area contributed by atoms with Gasteiger partial charge >= 0.3 is 0 Å². The van der Waals surface area contributed by atoms with Gasteiger partial charge in [0.2, 0.25) is 0 Å². The lowest BCUT2D eigenvalue weighted by molar-refractivity contribution is -0.190. The molecule has 1 aliphatic heterocycles. The van der Waals surface area contributed by atoms with Gasteiger partial charge in [0.05, 0.1) is 12.2 Å². The van der Waals surface area contributed by atoms with Crippen molar-refractivity contribution in [2.45, 2.75) is 45.6 Å². The Hall–Kier alpha value is -0.300. The Morgan fingerprint density at radius 2 is 2.00 bits per heavy atom. The van der Waals surface area contributed by atoms with E-state index in [1.807, 2.05) is 0 Å². The molecule has 2 aliphatic rings. The Balaban J connectivity index is 2.35. The van der Waals surface area contributed by atoms with E-state index in [0.29, 0.717) is 5.41 Å². The van der Waals surface area contributed by atoms with Crippen LogP contribution in [0, 0.1) is 5.41 Å². The van der Waals surface area contributed by atoms with Gasteiger partial charge in [0.25, 0.3) is 0 Å². The van der Waals surface area contributed by atoms with Gasteiger partial charge in [-0.05, 0) is 30.8 Å². The normalized spacial score (nSPS) is 39.1. The minimum Gasteiger partial charge on any atom is -0.370 e. The highest BCUT2D eigenvalue weighted by Gasteiger charge is 2.52. The van der Waals surface area contributed by atoms with E-state index < -0.39 is 0 Å². The van der Waals surface area contributed by atoms with Crippen molar-refractivity contribution in [2.75, 3.05) is 6.61 Å². The Morgan fingerprint density at radius 1 is 1.33 bits per heavy atom. The molecule has 12 heavy (non-hydrogen) atoms. The highest BCUT2D eigenvalue weighted by atomic mass is 16.5. The second-order valence-corrected chi connectivity index (χ2v) is 4.74. The van der Waals surface area contributed by atoms with E-state index in [2.05, 4.69) is 26.8 Å². The second kappa shape index (κ2) is 2.35. The molecule has 1 heterocycles. The summed E-state index contributed by atoms with van der Waals surface area (Å²) in [4.78, 5) is 0. The van der Waals surface area contributed by atoms with Crippen molar-refractivity contribution in [3.63, 3.8) is 0 Å². The summed E-state index contributed by atoms with van der Waals surface area (Å²) in [6.07, 6.45) is 6.07. The summed E-state index contributed by atoms with van der Waals surface area (Å²) >= 11 is 0. The van der Waals surface area contributed by atoms with Crippen molar-refractivity contribution in [2.24, 2.45) is 5.41 Å². The molecule has 0 bridgehead atoms. The first kappa shape index (κ1) is 8.31. The summed E-state index contributed by atoms with van der Waals surface area (Å²) in [7, 11) is 0. The maximum Gasteiger partial charge on any atom is 0.0961 e. The Kier molecular flexibility index (Phi) is 1.63. The lowest BCUT2D eigenvalue weighted by atomic mass is 9.62. The number of allylic oxidation sites excluding steroid dienone is 1. The van der Waals surface area contributed by atoms with Crippen LogP contribution in [0.25, 0.3) is 0 Å². The van der Waals surface area contributed by atoms with Crippen molar-refractivity contribution in [3.8, 4) is 0 Å². The third-order valence-corrected chi connectivity index (χ3v) is 3.75. The molecule has 0 aromatic heterocycles. The van der Waals surface area contributed by atoms with Crippen LogP contribution in [-0.4, -0.2) is 12.2 Å². The zero-order chi connectivity index (χ0) is 8.82. The van der Waals surface area contributed by atoms with Crippen LogP contribution in [0.2, 0.25) is 0 Å². The van der Waals surface area contributed by atoms with Gasteiger partial charge in [0, 0.05) is 6.42 Å². The van der Waals surface area contributed by atoms with Crippen LogP contribution in [0.15, 0.2) is 11.6 Å². The molecule has 1 fully saturated rings. The zero-order valence-electron chi connectivity index (χ0n) is 8.31. The minimum atomic E-state index is 0.116. The summed E-state index contributed by atoms with van der Waals surface area (Å²) in [5.74, 6) is 0. The van der Waals surface area contributed by atoms with Crippen molar-refractivity contribution < 1.29 is 4.74 Å². The van der Waals surface area contributed by atoms with Gasteiger partial charge in [0.15, 0.2) is 0 Å². The fourth-order valence-corrected chi connectivity index (χ4v) is 2.70. The molecule has 1 saturated heterocycles. The molecule has 2 rings (SSSR count). The molecule has 68 valence electrons. The van der Waals surface area contributed by atoms with Crippen molar-refractivity contribution in [1.29, 1.82) is 0 Å². The lowest BCUT2D eigenvalue weighted by Crippen LogP contribution is -2.57. The average molecular weight is 166 g/mol. The highest BCUT2D eigenvalue weighted by Crippen LogP contribution is 2.52. The molecule has 1 nitrogen and oxygen atoms in total. The fourth-order valence-electron chi connectivity index (χ4n) is 2.70. The monoisotopic (exact) mass is 166 g/mol. The smallest absolute Gasteiger partial charge is 0.0961 e. The Labute approximate surface area is 74.8 Å². The van der Waals surface area contributed by atoms with E-state index in [-0.39, 0.29) is 5.60 Å². The summed E-state index contributed by atoms with van der Waals surface area (Å²) in [5.41, 5.74) is 1.93. The largest absolute Gasteiger partial charge is 0.370 e. The number of ether oxygens (including phenoxy) is 1. The molecule has 0 aromatic rings. The standard InChI is InChI=1S/C11H18O/c1-9-5-4-6-10(2,3)11(9)7-8-12-11/h5H,4,6-8H2,1-3H3. The summed E-state index contributed by atoms with van der Waals surface area (Å²) < 4.78 is 5.82. The first-order chi connectivity index (χ1) is 5.58. The topological polar surface area (TPSA) is 9.23 Å². The van der Waals surface area contributed by atoms with Gasteiger partial charge in [-0.1, -0.05) is 19.9 Å². The number of hydrogen-bond acceptors (Lipinski definition) is 1. The number of hydrogen-bond donors (Lipinski definition) is 0. The Bertz CT molecular complexity index is 221. The van der Waals surface area contributed by atoms with Crippen molar-refractivity contribution >= 4 is 0 Å². The lowest BCUT2D eigenvalue weighted by Gasteiger charge is -2.55. The van der Waals surface area contributed by atoms with Crippen LogP contribution < -0.4 is 0 Å². The van der Waals surface area contributed by atoms with E-state index in [0.717, 1.165) is 6.61 Å². The van der Waals surface area contributed by atoms with Crippen LogP contribution in [0.1, 0.15) is 40.0 Å². The minimum absolute atomic E-state index is 0.116. The fraction of sp³-hybridized carbons (Fsp3) is 0.818. The van der Waals surface area contributed by atoms with E-state index in [1.54, 1.807) is 0 Å². The molecule has 0 N–H and O–H groups in total. The van der Waals surface area contributed by atoms with Gasteiger partial charge < -0.3 is 4.74 Å². The summed E-state index contributed by atoms with van der Waals surface area (Å²) in [5, 5.41) is 0. The van der Waals surface area contributed by atoms with Crippen LogP contribution in [0.4, 0.5) is 0 Å². The van der Waals surface area contributed by atoms with E-state index in [9.17, 15) is 0 Å². The maximum atomic E-state index is 5.82. The van der Waals surface area contributed by atoms with Crippen LogP contribution in [-0.2, 0) is 4.74 Å². The molecule has 1 unspecified atom stereocenters. The first-order valence-electron chi connectivity index (χ1n) is 4.90. The van der Waals surface area contributed by atoms with Gasteiger partial charge in [-0.3, -0.25) is 0 Å². The van der Waals surface area contributed by atoms with Gasteiger partial charge in [-0.15, -0.1) is 0 Å². The quantitative estimate of drug-likeness (QED) is 0.503. The molecule has 1 atom stereocenters. The molecule has 0 saturated carbocycles. The predicted octanol–water partition coefficient (Wildman–Crippen LogP) is 2.91. The summed E-state index contributed by atoms with van der Waals surface area (Å²) in [6, 6.07) is 0. The molecule has 1 spiro atoms. The molecule has 0 amide bonds. The predicted molar refractivity (Wildman–Crippen MR) is 50.1 cm³/mol. The van der Waals surface area contributed by atoms with Crippen molar-refractivity contribution in [3.05, 3.63) is 11.6 Å².